The third kappa shape index (κ3) is 2.09. The molecule has 1 aliphatic rings. The highest BCUT2D eigenvalue weighted by atomic mass is 16.5. The summed E-state index contributed by atoms with van der Waals surface area (Å²) in [6.45, 7) is 5.90. The maximum Gasteiger partial charge on any atom is 0.334 e. The molecule has 0 atom stereocenters. The van der Waals surface area contributed by atoms with E-state index in [1.807, 2.05) is 6.08 Å². The lowest BCUT2D eigenvalue weighted by Crippen LogP contribution is -2.09. The molecule has 0 N–H and O–H groups in total. The monoisotopic (exact) mass is 163 g/mol. The fourth-order valence-corrected chi connectivity index (χ4v) is 0.913. The predicted octanol–water partition coefficient (Wildman–Crippen LogP) is 1.81. The summed E-state index contributed by atoms with van der Waals surface area (Å²) < 4.78 is 4.82. The summed E-state index contributed by atoms with van der Waals surface area (Å²) in [6, 6.07) is 0. The SMILES string of the molecule is C=C1[CH]C(C(=O)OCC)=CC=C1. The first kappa shape index (κ1) is 8.78. The van der Waals surface area contributed by atoms with Gasteiger partial charge >= 0.3 is 5.97 Å². The average Bonchev–Trinajstić information content (AvgIpc) is 2.05. The van der Waals surface area contributed by atoms with Gasteiger partial charge in [0.1, 0.15) is 0 Å². The molecule has 0 heterocycles. The van der Waals surface area contributed by atoms with Crippen LogP contribution in [0.5, 0.6) is 0 Å². The first-order chi connectivity index (χ1) is 5.74. The lowest BCUT2D eigenvalue weighted by atomic mass is 10.0. The Morgan fingerprint density at radius 2 is 2.42 bits per heavy atom. The van der Waals surface area contributed by atoms with E-state index >= 15 is 0 Å². The first-order valence-electron chi connectivity index (χ1n) is 3.83. The molecular formula is C10H11O2. The molecule has 2 nitrogen and oxygen atoms in total. The quantitative estimate of drug-likeness (QED) is 0.580. The first-order valence-corrected chi connectivity index (χ1v) is 3.83. The molecule has 0 aromatic heterocycles. The maximum atomic E-state index is 11.1. The van der Waals surface area contributed by atoms with Crippen LogP contribution in [-0.2, 0) is 9.53 Å². The van der Waals surface area contributed by atoms with Crippen LogP contribution in [0.25, 0.3) is 0 Å². The summed E-state index contributed by atoms with van der Waals surface area (Å²) >= 11 is 0. The molecule has 0 bridgehead atoms. The highest BCUT2D eigenvalue weighted by Gasteiger charge is 2.12. The Hall–Kier alpha value is -1.31. The molecular weight excluding hydrogens is 152 g/mol. The van der Waals surface area contributed by atoms with Crippen LogP contribution in [0.15, 0.2) is 36.0 Å². The zero-order chi connectivity index (χ0) is 8.97. The smallest absolute Gasteiger partial charge is 0.334 e. The van der Waals surface area contributed by atoms with Crippen LogP contribution < -0.4 is 0 Å². The van der Waals surface area contributed by atoms with Gasteiger partial charge in [0.2, 0.25) is 0 Å². The van der Waals surface area contributed by atoms with E-state index in [1.165, 1.54) is 0 Å². The molecule has 1 aliphatic carbocycles. The third-order valence-corrected chi connectivity index (χ3v) is 1.44. The number of hydrogen-bond acceptors (Lipinski definition) is 2. The molecule has 0 unspecified atom stereocenters. The zero-order valence-corrected chi connectivity index (χ0v) is 7.04. The molecule has 1 rings (SSSR count). The number of ether oxygens (including phenoxy) is 1. The zero-order valence-electron chi connectivity index (χ0n) is 7.04. The Morgan fingerprint density at radius 3 is 3.00 bits per heavy atom. The highest BCUT2D eigenvalue weighted by molar-refractivity contribution is 5.92. The van der Waals surface area contributed by atoms with Crippen LogP contribution in [-0.4, -0.2) is 12.6 Å². The van der Waals surface area contributed by atoms with E-state index in [9.17, 15) is 4.79 Å². The average molecular weight is 163 g/mol. The largest absolute Gasteiger partial charge is 0.463 e. The fourth-order valence-electron chi connectivity index (χ4n) is 0.913. The van der Waals surface area contributed by atoms with Crippen LogP contribution in [0, 0.1) is 6.42 Å². The minimum absolute atomic E-state index is 0.289. The van der Waals surface area contributed by atoms with Crippen molar-refractivity contribution in [3.05, 3.63) is 42.4 Å². The topological polar surface area (TPSA) is 26.3 Å². The molecule has 0 saturated heterocycles. The van der Waals surface area contributed by atoms with Gasteiger partial charge in [-0.15, -0.1) is 0 Å². The summed E-state index contributed by atoms with van der Waals surface area (Å²) in [4.78, 5) is 11.1. The van der Waals surface area contributed by atoms with Gasteiger partial charge in [0, 0.05) is 12.0 Å². The molecule has 12 heavy (non-hydrogen) atoms. The van der Waals surface area contributed by atoms with Gasteiger partial charge in [-0.2, -0.15) is 0 Å². The van der Waals surface area contributed by atoms with E-state index in [0.717, 1.165) is 5.57 Å². The van der Waals surface area contributed by atoms with Gasteiger partial charge in [-0.05, 0) is 12.5 Å². The molecule has 0 aliphatic heterocycles. The lowest BCUT2D eigenvalue weighted by Gasteiger charge is -2.08. The van der Waals surface area contributed by atoms with Crippen LogP contribution >= 0.6 is 0 Å². The standard InChI is InChI=1S/C10H11O2/c1-3-12-10(11)9-6-4-5-8(2)7-9/h4-7H,2-3H2,1H3. The Balaban J connectivity index is 2.63. The molecule has 1 radical (unpaired) electrons. The summed E-state index contributed by atoms with van der Waals surface area (Å²) in [7, 11) is 0. The van der Waals surface area contributed by atoms with Crippen LogP contribution in [0.3, 0.4) is 0 Å². The van der Waals surface area contributed by atoms with Gasteiger partial charge in [-0.25, -0.2) is 4.79 Å². The number of allylic oxidation sites excluding steroid dienone is 4. The molecule has 0 saturated carbocycles. The van der Waals surface area contributed by atoms with E-state index < -0.39 is 0 Å². The van der Waals surface area contributed by atoms with Gasteiger partial charge in [-0.1, -0.05) is 24.8 Å². The number of esters is 1. The van der Waals surface area contributed by atoms with Crippen molar-refractivity contribution in [2.24, 2.45) is 0 Å². The highest BCUT2D eigenvalue weighted by Crippen LogP contribution is 2.15. The summed E-state index contributed by atoms with van der Waals surface area (Å²) in [5.41, 5.74) is 1.38. The summed E-state index contributed by atoms with van der Waals surface area (Å²) in [6.07, 6.45) is 7.04. The molecule has 0 aromatic carbocycles. The van der Waals surface area contributed by atoms with Crippen molar-refractivity contribution < 1.29 is 9.53 Å². The van der Waals surface area contributed by atoms with Crippen molar-refractivity contribution >= 4 is 5.97 Å². The van der Waals surface area contributed by atoms with Crippen molar-refractivity contribution in [1.29, 1.82) is 0 Å². The minimum Gasteiger partial charge on any atom is -0.463 e. The van der Waals surface area contributed by atoms with E-state index in [1.54, 1.807) is 25.5 Å². The minimum atomic E-state index is -0.289. The molecule has 2 heteroatoms. The second-order valence-electron chi connectivity index (χ2n) is 2.42. The maximum absolute atomic E-state index is 11.1. The van der Waals surface area contributed by atoms with Crippen LogP contribution in [0.1, 0.15) is 6.92 Å². The van der Waals surface area contributed by atoms with Crippen molar-refractivity contribution in [2.75, 3.05) is 6.61 Å². The fraction of sp³-hybridized carbons (Fsp3) is 0.200. The van der Waals surface area contributed by atoms with Crippen LogP contribution in [0.4, 0.5) is 0 Å². The van der Waals surface area contributed by atoms with Gasteiger partial charge < -0.3 is 4.74 Å². The second kappa shape index (κ2) is 3.90. The van der Waals surface area contributed by atoms with Gasteiger partial charge in [0.05, 0.1) is 6.61 Å². The molecule has 63 valence electrons. The van der Waals surface area contributed by atoms with Crippen molar-refractivity contribution in [3.8, 4) is 0 Å². The van der Waals surface area contributed by atoms with E-state index in [4.69, 9.17) is 4.74 Å². The Morgan fingerprint density at radius 1 is 1.67 bits per heavy atom. The number of carbonyl (C=O) groups is 1. The normalized spacial score (nSPS) is 15.8. The van der Waals surface area contributed by atoms with E-state index in [-0.39, 0.29) is 5.97 Å². The molecule has 0 fully saturated rings. The van der Waals surface area contributed by atoms with E-state index in [0.29, 0.717) is 12.2 Å². The molecule has 0 amide bonds. The number of hydrogen-bond donors (Lipinski definition) is 0. The predicted molar refractivity (Wildman–Crippen MR) is 47.3 cm³/mol. The van der Waals surface area contributed by atoms with Gasteiger partial charge in [0.15, 0.2) is 0 Å². The van der Waals surface area contributed by atoms with Crippen molar-refractivity contribution in [2.45, 2.75) is 6.92 Å². The summed E-state index contributed by atoms with van der Waals surface area (Å²) in [5, 5.41) is 0. The van der Waals surface area contributed by atoms with Crippen molar-refractivity contribution in [1.82, 2.24) is 0 Å². The molecule has 0 aromatic rings. The Kier molecular flexibility index (Phi) is 2.86. The lowest BCUT2D eigenvalue weighted by molar-refractivity contribution is -0.138. The van der Waals surface area contributed by atoms with Gasteiger partial charge in [0.25, 0.3) is 0 Å². The molecule has 0 spiro atoms. The van der Waals surface area contributed by atoms with Crippen LogP contribution in [0.2, 0.25) is 0 Å². The Labute approximate surface area is 72.2 Å². The van der Waals surface area contributed by atoms with Gasteiger partial charge in [-0.3, -0.25) is 0 Å². The Bertz CT molecular complexity index is 259. The number of rotatable bonds is 2. The second-order valence-corrected chi connectivity index (χ2v) is 2.42. The van der Waals surface area contributed by atoms with E-state index in [2.05, 4.69) is 6.58 Å². The summed E-state index contributed by atoms with van der Waals surface area (Å²) in [5.74, 6) is -0.289. The number of carbonyl (C=O) groups excluding carboxylic acids is 1. The van der Waals surface area contributed by atoms with Crippen molar-refractivity contribution in [3.63, 3.8) is 0 Å². The third-order valence-electron chi connectivity index (χ3n) is 1.44.